The molecule has 1 amide bonds. The van der Waals surface area contributed by atoms with Crippen LogP contribution in [0.3, 0.4) is 0 Å². The Kier molecular flexibility index (Phi) is 10.5. The van der Waals surface area contributed by atoms with Crippen molar-refractivity contribution >= 4 is 11.6 Å². The van der Waals surface area contributed by atoms with Gasteiger partial charge in [-0.25, -0.2) is 0 Å². The first-order valence-electron chi connectivity index (χ1n) is 18.1. The summed E-state index contributed by atoms with van der Waals surface area (Å²) in [5, 5.41) is 38.6. The predicted molar refractivity (Wildman–Crippen MR) is 187 cm³/mol. The minimum Gasteiger partial charge on any atom is -0.508 e. The van der Waals surface area contributed by atoms with Crippen LogP contribution in [0, 0.1) is 11.8 Å². The maximum absolute atomic E-state index is 12.0. The number of benzene rings is 3. The summed E-state index contributed by atoms with van der Waals surface area (Å²) in [7, 11) is 0. The van der Waals surface area contributed by atoms with Crippen molar-refractivity contribution in [2.75, 3.05) is 64.6 Å². The van der Waals surface area contributed by atoms with E-state index in [0.29, 0.717) is 49.4 Å². The van der Waals surface area contributed by atoms with E-state index >= 15 is 0 Å². The van der Waals surface area contributed by atoms with Crippen molar-refractivity contribution in [1.82, 2.24) is 5.32 Å². The van der Waals surface area contributed by atoms with E-state index in [0.717, 1.165) is 66.9 Å². The van der Waals surface area contributed by atoms with E-state index in [1.807, 2.05) is 54.6 Å². The summed E-state index contributed by atoms with van der Waals surface area (Å²) < 4.78 is 25.3. The maximum atomic E-state index is 12.0. The third-order valence-corrected chi connectivity index (χ3v) is 11.2. The topological polar surface area (TPSA) is 139 Å². The van der Waals surface area contributed by atoms with E-state index < -0.39 is 11.7 Å². The highest BCUT2D eigenvalue weighted by atomic mass is 16.5. The van der Waals surface area contributed by atoms with Crippen LogP contribution in [0.5, 0.6) is 23.0 Å². The number of aliphatic hydroxyl groups excluding tert-OH is 1. The van der Waals surface area contributed by atoms with Crippen molar-refractivity contribution in [2.45, 2.75) is 56.3 Å². The number of phenols is 1. The monoisotopic (exact) mass is 688 g/mol. The molecule has 50 heavy (non-hydrogen) atoms. The quantitative estimate of drug-likeness (QED) is 0.116. The molecule has 268 valence electrons. The van der Waals surface area contributed by atoms with E-state index in [2.05, 4.69) is 10.6 Å². The van der Waals surface area contributed by atoms with Crippen LogP contribution in [-0.2, 0) is 15.1 Å². The first-order chi connectivity index (χ1) is 24.3. The van der Waals surface area contributed by atoms with Gasteiger partial charge in [0, 0.05) is 43.5 Å². The fraction of sp³-hybridized carbons (Fsp3) is 0.513. The largest absolute Gasteiger partial charge is 0.508 e. The zero-order chi connectivity index (χ0) is 34.6. The Balaban J connectivity index is 0.859. The molecule has 0 spiro atoms. The molecule has 2 bridgehead atoms. The Morgan fingerprint density at radius 2 is 1.70 bits per heavy atom. The molecule has 1 aliphatic carbocycles. The minimum absolute atomic E-state index is 0.0650. The number of nitrogens with zero attached hydrogens (tertiary/aromatic N) is 1. The number of carbonyl (C=O) groups is 1. The highest BCUT2D eigenvalue weighted by Crippen LogP contribution is 2.43. The Bertz CT molecular complexity index is 1590. The molecule has 4 aliphatic heterocycles. The number of phenolic OH excluding ortho intramolecular Hbond substituents is 1. The van der Waals surface area contributed by atoms with Gasteiger partial charge in [0.05, 0.1) is 31.5 Å². The van der Waals surface area contributed by atoms with Gasteiger partial charge in [0.2, 0.25) is 6.73 Å². The summed E-state index contributed by atoms with van der Waals surface area (Å²) in [6.07, 6.45) is 5.82. The summed E-state index contributed by atoms with van der Waals surface area (Å²) in [6, 6.07) is 20.6. The lowest BCUT2D eigenvalue weighted by Gasteiger charge is -2.52. The highest BCUT2D eigenvalue weighted by molar-refractivity contribution is 5.96. The van der Waals surface area contributed by atoms with Crippen molar-refractivity contribution in [1.29, 1.82) is 0 Å². The number of ether oxygens (including phenoxy) is 4. The van der Waals surface area contributed by atoms with Crippen LogP contribution in [0.25, 0.3) is 0 Å². The number of rotatable bonds is 15. The lowest BCUT2D eigenvalue weighted by atomic mass is 9.80. The molecule has 0 radical (unpaired) electrons. The van der Waals surface area contributed by atoms with Gasteiger partial charge in [-0.15, -0.1) is 0 Å². The lowest BCUT2D eigenvalue weighted by Crippen LogP contribution is -2.65. The Morgan fingerprint density at radius 3 is 2.44 bits per heavy atom. The van der Waals surface area contributed by atoms with Crippen molar-refractivity contribution in [2.24, 2.45) is 11.8 Å². The second-order valence-electron chi connectivity index (χ2n) is 14.5. The molecule has 3 aromatic carbocycles. The SMILES string of the molecule is O=C1COc2c(cc(O)cc2[C@@H](O)CNCCOc2ccc(OC[N+]34CCC(CC3)[C@@H](OC[C@@](O)(c3ccccc3)C3CCCC3)C4)cc2)N1. The van der Waals surface area contributed by atoms with Crippen LogP contribution in [-0.4, -0.2) is 91.1 Å². The predicted octanol–water partition coefficient (Wildman–Crippen LogP) is 4.47. The Morgan fingerprint density at radius 1 is 0.980 bits per heavy atom. The van der Waals surface area contributed by atoms with Crippen molar-refractivity contribution in [3.05, 3.63) is 77.9 Å². The van der Waals surface area contributed by atoms with Gasteiger partial charge >= 0.3 is 0 Å². The van der Waals surface area contributed by atoms with E-state index in [9.17, 15) is 20.1 Å². The smallest absolute Gasteiger partial charge is 0.262 e. The number of amides is 1. The van der Waals surface area contributed by atoms with E-state index in [1.54, 1.807) is 0 Å². The first kappa shape index (κ1) is 34.6. The summed E-state index contributed by atoms with van der Waals surface area (Å²) >= 11 is 0. The van der Waals surface area contributed by atoms with Crippen LogP contribution in [0.1, 0.15) is 55.8 Å². The molecule has 3 atom stereocenters. The Hall–Kier alpha value is -3.87. The van der Waals surface area contributed by atoms with Gasteiger partial charge in [0.15, 0.2) is 6.61 Å². The van der Waals surface area contributed by atoms with Crippen LogP contribution < -0.4 is 24.8 Å². The standard InChI is InChI=1S/C39H49N3O8/c43-30-20-33(38-34(21-30)41-37(45)24-48-38)35(44)22-40-16-19-47-31-10-12-32(13-11-31)50-26-42-17-14-27(15-18-42)36(23-42)49-25-39(46,29-8-4-5-9-29)28-6-2-1-3-7-28/h1-3,6-7,10-13,20-21,27,29,35-36,40,44,46H,4-5,8-9,14-19,22-26H2,(H-,41,43,45)/p+1/t27?,35-,36-,39+,42?/m0/s1. The van der Waals surface area contributed by atoms with Crippen molar-refractivity contribution in [3.63, 3.8) is 0 Å². The zero-order valence-corrected chi connectivity index (χ0v) is 28.6. The van der Waals surface area contributed by atoms with E-state index in [1.165, 1.54) is 25.0 Å². The molecular formula is C39H50N3O8+. The zero-order valence-electron chi connectivity index (χ0n) is 28.6. The molecule has 5 aliphatic rings. The number of anilines is 1. The van der Waals surface area contributed by atoms with Crippen LogP contribution >= 0.6 is 0 Å². The molecule has 1 saturated carbocycles. The van der Waals surface area contributed by atoms with Gasteiger partial charge in [0.1, 0.15) is 47.9 Å². The van der Waals surface area contributed by atoms with Crippen molar-refractivity contribution < 1.29 is 43.5 Å². The van der Waals surface area contributed by atoms with Gasteiger partial charge in [-0.3, -0.25) is 9.28 Å². The number of piperidine rings is 3. The van der Waals surface area contributed by atoms with Crippen molar-refractivity contribution in [3.8, 4) is 23.0 Å². The average molecular weight is 689 g/mol. The van der Waals surface area contributed by atoms with Crippen LogP contribution in [0.2, 0.25) is 0 Å². The van der Waals surface area contributed by atoms with Gasteiger partial charge in [-0.2, -0.15) is 0 Å². The lowest BCUT2D eigenvalue weighted by molar-refractivity contribution is -0.959. The number of hydrogen-bond acceptors (Lipinski definition) is 9. The molecule has 5 N–H and O–H groups in total. The number of nitrogens with one attached hydrogen (secondary N) is 2. The second-order valence-corrected chi connectivity index (χ2v) is 14.5. The number of aliphatic hydroxyl groups is 2. The summed E-state index contributed by atoms with van der Waals surface area (Å²) in [5.74, 6) is 2.27. The van der Waals surface area contributed by atoms with Gasteiger partial charge in [-0.1, -0.05) is 43.2 Å². The van der Waals surface area contributed by atoms with Crippen LogP contribution in [0.15, 0.2) is 66.7 Å². The number of quaternary nitrogens is 1. The van der Waals surface area contributed by atoms with Gasteiger partial charge < -0.3 is 44.9 Å². The van der Waals surface area contributed by atoms with Crippen LogP contribution in [0.4, 0.5) is 5.69 Å². The fourth-order valence-corrected chi connectivity index (χ4v) is 8.29. The molecule has 0 unspecified atom stereocenters. The summed E-state index contributed by atoms with van der Waals surface area (Å²) in [4.78, 5) is 11.6. The van der Waals surface area contributed by atoms with E-state index in [-0.39, 0.29) is 36.8 Å². The number of carbonyl (C=O) groups excluding carboxylic acids is 1. The molecule has 3 aromatic rings. The number of fused-ring (bicyclic) bond motifs is 4. The van der Waals surface area contributed by atoms with E-state index in [4.69, 9.17) is 18.9 Å². The Labute approximate surface area is 293 Å². The maximum Gasteiger partial charge on any atom is 0.262 e. The first-order valence-corrected chi connectivity index (χ1v) is 18.1. The molecule has 11 nitrogen and oxygen atoms in total. The summed E-state index contributed by atoms with van der Waals surface area (Å²) in [5.41, 5.74) is 0.771. The average Bonchev–Trinajstić information content (AvgIpc) is 3.70. The molecular weight excluding hydrogens is 638 g/mol. The fourth-order valence-electron chi connectivity index (χ4n) is 8.29. The molecule has 3 saturated heterocycles. The molecule has 8 rings (SSSR count). The highest BCUT2D eigenvalue weighted by Gasteiger charge is 2.49. The minimum atomic E-state index is -0.949. The second kappa shape index (κ2) is 15.2. The number of aromatic hydroxyl groups is 1. The molecule has 0 aromatic heterocycles. The van der Waals surface area contributed by atoms with Gasteiger partial charge in [-0.05, 0) is 54.7 Å². The summed E-state index contributed by atoms with van der Waals surface area (Å²) in [6.45, 7) is 4.95. The third-order valence-electron chi connectivity index (χ3n) is 11.2. The number of hydrogen-bond donors (Lipinski definition) is 5. The van der Waals surface area contributed by atoms with Gasteiger partial charge in [0.25, 0.3) is 5.91 Å². The third kappa shape index (κ3) is 7.72. The molecule has 4 fully saturated rings. The molecule has 11 heteroatoms. The normalized spacial score (nSPS) is 24.9. The molecule has 4 heterocycles.